The van der Waals surface area contributed by atoms with Crippen LogP contribution >= 0.6 is 11.6 Å². The third-order valence-corrected chi connectivity index (χ3v) is 2.51. The molecule has 2 heterocycles. The fraction of sp³-hybridized carbons (Fsp3) is 0.333. The van der Waals surface area contributed by atoms with Gasteiger partial charge in [-0.15, -0.1) is 0 Å². The molecule has 2 aromatic rings. The zero-order valence-corrected chi connectivity index (χ0v) is 9.81. The first-order chi connectivity index (χ1) is 8.18. The average Bonchev–Trinajstić information content (AvgIpc) is 2.82. The molecule has 0 aliphatic heterocycles. The molecule has 0 amide bonds. The normalized spacial score (nSPS) is 10.5. The Labute approximate surface area is 101 Å². The highest BCUT2D eigenvalue weighted by molar-refractivity contribution is 6.32. The molecule has 0 aliphatic carbocycles. The van der Waals surface area contributed by atoms with Gasteiger partial charge in [0.1, 0.15) is 5.02 Å². The highest BCUT2D eigenvalue weighted by Crippen LogP contribution is 2.14. The van der Waals surface area contributed by atoms with Crippen LogP contribution in [0, 0.1) is 0 Å². The number of anilines is 1. The summed E-state index contributed by atoms with van der Waals surface area (Å²) in [4.78, 5) is 15.3. The number of halogens is 1. The van der Waals surface area contributed by atoms with Gasteiger partial charge in [-0.3, -0.25) is 4.79 Å². The van der Waals surface area contributed by atoms with Gasteiger partial charge in [0.15, 0.2) is 5.82 Å². The smallest absolute Gasteiger partial charge is 0.287 e. The van der Waals surface area contributed by atoms with Crippen molar-refractivity contribution >= 4 is 17.3 Å². The monoisotopic (exact) mass is 255 g/mol. The maximum atomic E-state index is 11.5. The maximum absolute atomic E-state index is 11.5. The van der Waals surface area contributed by atoms with Crippen LogP contribution in [0.4, 0.5) is 5.69 Å². The second-order valence-electron chi connectivity index (χ2n) is 3.33. The Morgan fingerprint density at radius 1 is 1.59 bits per heavy atom. The van der Waals surface area contributed by atoms with Crippen molar-refractivity contribution in [2.75, 3.05) is 11.9 Å². The Morgan fingerprint density at radius 3 is 3.12 bits per heavy atom. The minimum atomic E-state index is -0.337. The Balaban J connectivity index is 2.00. The van der Waals surface area contributed by atoms with E-state index in [1.165, 1.54) is 24.3 Å². The minimum absolute atomic E-state index is 0.121. The molecule has 0 bridgehead atoms. The zero-order valence-electron chi connectivity index (χ0n) is 9.05. The van der Waals surface area contributed by atoms with E-state index in [-0.39, 0.29) is 10.6 Å². The first-order valence-corrected chi connectivity index (χ1v) is 5.27. The van der Waals surface area contributed by atoms with Gasteiger partial charge in [0.05, 0.1) is 11.9 Å². The van der Waals surface area contributed by atoms with Gasteiger partial charge in [0.2, 0.25) is 6.39 Å². The summed E-state index contributed by atoms with van der Waals surface area (Å²) in [5.74, 6) is 0.588. The molecule has 90 valence electrons. The summed E-state index contributed by atoms with van der Waals surface area (Å²) in [5, 5.41) is 10.6. The summed E-state index contributed by atoms with van der Waals surface area (Å²) in [6.45, 7) is 0.536. The van der Waals surface area contributed by atoms with Crippen molar-refractivity contribution in [1.29, 1.82) is 0 Å². The highest BCUT2D eigenvalue weighted by Gasteiger charge is 2.07. The fourth-order valence-corrected chi connectivity index (χ4v) is 1.48. The first-order valence-electron chi connectivity index (χ1n) is 4.89. The predicted octanol–water partition coefficient (Wildman–Crippen LogP) is 0.471. The molecule has 0 radical (unpaired) electrons. The van der Waals surface area contributed by atoms with E-state index in [2.05, 4.69) is 25.1 Å². The van der Waals surface area contributed by atoms with E-state index in [0.717, 1.165) is 0 Å². The van der Waals surface area contributed by atoms with E-state index in [1.807, 2.05) is 0 Å². The van der Waals surface area contributed by atoms with Crippen molar-refractivity contribution < 1.29 is 4.52 Å². The van der Waals surface area contributed by atoms with Gasteiger partial charge < -0.3 is 9.84 Å². The quantitative estimate of drug-likeness (QED) is 0.855. The second kappa shape index (κ2) is 4.96. The van der Waals surface area contributed by atoms with Gasteiger partial charge in [0.25, 0.3) is 5.56 Å². The van der Waals surface area contributed by atoms with Crippen molar-refractivity contribution in [2.24, 2.45) is 7.05 Å². The van der Waals surface area contributed by atoms with E-state index in [9.17, 15) is 4.79 Å². The van der Waals surface area contributed by atoms with E-state index >= 15 is 0 Å². The van der Waals surface area contributed by atoms with Gasteiger partial charge in [-0.25, -0.2) is 4.68 Å². The molecule has 1 N–H and O–H groups in total. The number of hydrogen-bond donors (Lipinski definition) is 1. The molecule has 0 saturated heterocycles. The number of hydrogen-bond acceptors (Lipinski definition) is 6. The molecule has 0 saturated carbocycles. The van der Waals surface area contributed by atoms with Crippen LogP contribution in [0.3, 0.4) is 0 Å². The molecular formula is C9H10ClN5O2. The summed E-state index contributed by atoms with van der Waals surface area (Å²) >= 11 is 5.87. The molecule has 8 heteroatoms. The summed E-state index contributed by atoms with van der Waals surface area (Å²) < 4.78 is 5.77. The lowest BCUT2D eigenvalue weighted by Gasteiger charge is -2.06. The highest BCUT2D eigenvalue weighted by atomic mass is 35.5. The largest absolute Gasteiger partial charge is 0.382 e. The lowest BCUT2D eigenvalue weighted by Crippen LogP contribution is -2.21. The molecule has 17 heavy (non-hydrogen) atoms. The van der Waals surface area contributed by atoms with Gasteiger partial charge in [-0.2, -0.15) is 10.1 Å². The molecule has 0 aromatic carbocycles. The van der Waals surface area contributed by atoms with E-state index in [0.29, 0.717) is 24.5 Å². The Morgan fingerprint density at radius 2 is 2.41 bits per heavy atom. The van der Waals surface area contributed by atoms with Crippen molar-refractivity contribution in [3.63, 3.8) is 0 Å². The molecule has 2 aromatic heterocycles. The minimum Gasteiger partial charge on any atom is -0.382 e. The predicted molar refractivity (Wildman–Crippen MR) is 61.0 cm³/mol. The molecule has 7 nitrogen and oxygen atoms in total. The van der Waals surface area contributed by atoms with Crippen LogP contribution in [-0.2, 0) is 13.5 Å². The Hall–Kier alpha value is -1.89. The van der Waals surface area contributed by atoms with Crippen LogP contribution in [0.15, 0.2) is 21.9 Å². The van der Waals surface area contributed by atoms with Crippen molar-refractivity contribution in [2.45, 2.75) is 6.42 Å². The van der Waals surface area contributed by atoms with Crippen LogP contribution in [0.5, 0.6) is 0 Å². The van der Waals surface area contributed by atoms with Crippen LogP contribution in [0.2, 0.25) is 5.02 Å². The van der Waals surface area contributed by atoms with Crippen molar-refractivity contribution in [3.8, 4) is 0 Å². The first kappa shape index (κ1) is 11.6. The van der Waals surface area contributed by atoms with E-state index < -0.39 is 0 Å². The van der Waals surface area contributed by atoms with Gasteiger partial charge in [-0.05, 0) is 0 Å². The van der Waals surface area contributed by atoms with Gasteiger partial charge >= 0.3 is 0 Å². The average molecular weight is 256 g/mol. The van der Waals surface area contributed by atoms with Crippen LogP contribution in [-0.4, -0.2) is 26.5 Å². The summed E-state index contributed by atoms with van der Waals surface area (Å²) in [6, 6.07) is 0. The molecular weight excluding hydrogens is 246 g/mol. The Kier molecular flexibility index (Phi) is 3.38. The lowest BCUT2D eigenvalue weighted by molar-refractivity contribution is 0.410. The van der Waals surface area contributed by atoms with Crippen LogP contribution in [0.25, 0.3) is 0 Å². The topological polar surface area (TPSA) is 85.8 Å². The number of aromatic nitrogens is 4. The van der Waals surface area contributed by atoms with E-state index in [4.69, 9.17) is 11.6 Å². The molecule has 2 rings (SSSR count). The number of nitrogens with zero attached hydrogens (tertiary/aromatic N) is 4. The van der Waals surface area contributed by atoms with Crippen molar-refractivity contribution in [1.82, 2.24) is 19.9 Å². The van der Waals surface area contributed by atoms with Gasteiger partial charge in [-0.1, -0.05) is 16.8 Å². The van der Waals surface area contributed by atoms with Crippen molar-refractivity contribution in [3.05, 3.63) is 33.8 Å². The number of rotatable bonds is 4. The molecule has 0 aliphatic rings. The number of nitrogens with one attached hydrogen (secondary N) is 1. The molecule has 0 atom stereocenters. The van der Waals surface area contributed by atoms with Crippen LogP contribution in [0.1, 0.15) is 5.82 Å². The molecule has 0 spiro atoms. The molecule has 0 fully saturated rings. The van der Waals surface area contributed by atoms with Gasteiger partial charge in [0, 0.05) is 20.0 Å². The second-order valence-corrected chi connectivity index (χ2v) is 3.70. The van der Waals surface area contributed by atoms with Crippen LogP contribution < -0.4 is 10.9 Å². The lowest BCUT2D eigenvalue weighted by atomic mass is 10.4. The summed E-state index contributed by atoms with van der Waals surface area (Å²) in [7, 11) is 1.54. The number of aryl methyl sites for hydroxylation is 1. The maximum Gasteiger partial charge on any atom is 0.287 e. The third kappa shape index (κ3) is 2.62. The zero-order chi connectivity index (χ0) is 12.3. The summed E-state index contributed by atoms with van der Waals surface area (Å²) in [5.41, 5.74) is 0.162. The standard InChI is InChI=1S/C9H10ClN5O2/c1-15-9(16)8(10)6(4-13-15)11-3-2-7-12-5-17-14-7/h4-5,11H,2-3H2,1H3. The summed E-state index contributed by atoms with van der Waals surface area (Å²) in [6.07, 6.45) is 3.34. The van der Waals surface area contributed by atoms with E-state index in [1.54, 1.807) is 0 Å². The Bertz CT molecular complexity index is 551. The SMILES string of the molecule is Cn1ncc(NCCc2ncon2)c(Cl)c1=O. The third-order valence-electron chi connectivity index (χ3n) is 2.15. The molecule has 0 unspecified atom stereocenters. The fourth-order valence-electron chi connectivity index (χ4n) is 1.25.